The number of ether oxygens (including phenoxy) is 1. The monoisotopic (exact) mass is 337 g/mol. The quantitative estimate of drug-likeness (QED) is 0.931. The van der Waals surface area contributed by atoms with Crippen molar-refractivity contribution in [2.45, 2.75) is 20.0 Å². The molecule has 2 aromatic heterocycles. The van der Waals surface area contributed by atoms with Crippen molar-refractivity contribution in [1.29, 1.82) is 0 Å². The lowest BCUT2D eigenvalue weighted by molar-refractivity contribution is -0.128. The van der Waals surface area contributed by atoms with Crippen LogP contribution < -0.4 is 5.32 Å². The van der Waals surface area contributed by atoms with Crippen LogP contribution in [0.25, 0.3) is 11.0 Å². The van der Waals surface area contributed by atoms with E-state index in [-0.39, 0.29) is 11.8 Å². The summed E-state index contributed by atoms with van der Waals surface area (Å²) in [4.78, 5) is 20.6. The van der Waals surface area contributed by atoms with E-state index < -0.39 is 6.10 Å². The molecule has 2 aromatic rings. The van der Waals surface area contributed by atoms with Crippen LogP contribution in [0.1, 0.15) is 13.8 Å². The topological polar surface area (TPSA) is 64.1 Å². The Morgan fingerprint density at radius 3 is 2.80 bits per heavy atom. The molecule has 0 spiro atoms. The number of halogens is 1. The smallest absolute Gasteiger partial charge is 0.254 e. The number of nitrogens with zero attached hydrogens (tertiary/aromatic N) is 2. The number of carbonyl (C=O) groups is 1. The normalized spacial score (nSPS) is 12.7. The molecule has 2 rings (SSSR count). The van der Waals surface area contributed by atoms with Gasteiger partial charge in [0, 0.05) is 23.2 Å². The Hall–Kier alpha value is -1.53. The number of hydrogen-bond acceptors (Lipinski definition) is 4. The zero-order valence-electron chi connectivity index (χ0n) is 11.6. The van der Waals surface area contributed by atoms with Gasteiger partial charge in [-0.1, -0.05) is 13.8 Å². The highest BCUT2D eigenvalue weighted by molar-refractivity contribution is 9.10. The van der Waals surface area contributed by atoms with E-state index in [1.807, 2.05) is 26.0 Å². The molecule has 1 N–H and O–H groups in total. The molecule has 0 saturated carbocycles. The summed E-state index contributed by atoms with van der Waals surface area (Å²) in [7, 11) is 1.52. The molecule has 0 radical (unpaired) electrons. The van der Waals surface area contributed by atoms with Gasteiger partial charge < -0.3 is 10.1 Å². The van der Waals surface area contributed by atoms with Crippen molar-refractivity contribution in [3.05, 3.63) is 28.9 Å². The molecule has 20 heavy (non-hydrogen) atoms. The van der Waals surface area contributed by atoms with Crippen LogP contribution >= 0.6 is 15.9 Å². The van der Waals surface area contributed by atoms with E-state index in [1.165, 1.54) is 7.11 Å². The Labute approximate surface area is 125 Å². The first-order valence-electron chi connectivity index (χ1n) is 6.27. The zero-order chi connectivity index (χ0) is 14.7. The highest BCUT2D eigenvalue weighted by Crippen LogP contribution is 2.18. The van der Waals surface area contributed by atoms with Gasteiger partial charge in [-0.3, -0.25) is 4.79 Å². The van der Waals surface area contributed by atoms with Crippen LogP contribution in [0.15, 0.2) is 28.9 Å². The van der Waals surface area contributed by atoms with Gasteiger partial charge in [0.15, 0.2) is 5.65 Å². The average molecular weight is 338 g/mol. The number of hydrogen-bond donors (Lipinski definition) is 1. The number of amides is 1. The van der Waals surface area contributed by atoms with E-state index in [0.29, 0.717) is 11.5 Å². The van der Waals surface area contributed by atoms with Gasteiger partial charge in [0.1, 0.15) is 11.9 Å². The van der Waals surface area contributed by atoms with Crippen molar-refractivity contribution < 1.29 is 9.53 Å². The number of fused-ring (bicyclic) bond motifs is 1. The lowest BCUT2D eigenvalue weighted by Gasteiger charge is -2.18. The lowest BCUT2D eigenvalue weighted by atomic mass is 10.1. The molecular formula is C14H16BrN3O2. The number of methoxy groups -OCH3 is 1. The van der Waals surface area contributed by atoms with Gasteiger partial charge >= 0.3 is 0 Å². The molecule has 1 amide bonds. The number of rotatable bonds is 4. The molecule has 0 bridgehead atoms. The molecule has 6 heteroatoms. The minimum atomic E-state index is -0.495. The highest BCUT2D eigenvalue weighted by Gasteiger charge is 2.21. The molecular weight excluding hydrogens is 322 g/mol. The van der Waals surface area contributed by atoms with Crippen LogP contribution in [0.2, 0.25) is 0 Å². The zero-order valence-corrected chi connectivity index (χ0v) is 13.1. The largest absolute Gasteiger partial charge is 0.371 e. The fourth-order valence-corrected chi connectivity index (χ4v) is 2.28. The Morgan fingerprint density at radius 2 is 2.15 bits per heavy atom. The molecule has 0 aromatic carbocycles. The third-order valence-corrected chi connectivity index (χ3v) is 3.31. The molecule has 0 aliphatic rings. The third kappa shape index (κ3) is 3.32. The number of aromatic nitrogens is 2. The van der Waals surface area contributed by atoms with Crippen LogP contribution in [0.5, 0.6) is 0 Å². The predicted molar refractivity (Wildman–Crippen MR) is 81.5 cm³/mol. The molecule has 1 atom stereocenters. The number of nitrogens with one attached hydrogen (secondary N) is 1. The summed E-state index contributed by atoms with van der Waals surface area (Å²) in [5.41, 5.74) is 0.588. The van der Waals surface area contributed by atoms with Gasteiger partial charge in [-0.05, 0) is 40.0 Å². The van der Waals surface area contributed by atoms with Gasteiger partial charge in [-0.25, -0.2) is 9.97 Å². The summed E-state index contributed by atoms with van der Waals surface area (Å²) in [5.74, 6) is 0.362. The second-order valence-electron chi connectivity index (χ2n) is 4.79. The van der Waals surface area contributed by atoms with Crippen LogP contribution in [0.4, 0.5) is 5.82 Å². The summed E-state index contributed by atoms with van der Waals surface area (Å²) in [5, 5.41) is 3.66. The van der Waals surface area contributed by atoms with E-state index in [1.54, 1.807) is 12.3 Å². The molecule has 2 heterocycles. The summed E-state index contributed by atoms with van der Waals surface area (Å²) in [6.45, 7) is 3.86. The van der Waals surface area contributed by atoms with E-state index in [0.717, 1.165) is 9.86 Å². The summed E-state index contributed by atoms with van der Waals surface area (Å²) >= 11 is 3.36. The molecule has 0 aliphatic carbocycles. The van der Waals surface area contributed by atoms with E-state index in [2.05, 4.69) is 31.2 Å². The van der Waals surface area contributed by atoms with Crippen molar-refractivity contribution >= 4 is 38.7 Å². The highest BCUT2D eigenvalue weighted by atomic mass is 79.9. The minimum absolute atomic E-state index is 0.0922. The average Bonchev–Trinajstić information content (AvgIpc) is 2.39. The second-order valence-corrected chi connectivity index (χ2v) is 5.70. The SMILES string of the molecule is COC(C(=O)Nc1ccc2cc(Br)cnc2n1)C(C)C. The lowest BCUT2D eigenvalue weighted by Crippen LogP contribution is -2.34. The molecule has 1 unspecified atom stereocenters. The number of carbonyl (C=O) groups excluding carboxylic acids is 1. The first-order chi connectivity index (χ1) is 9.51. The Bertz CT molecular complexity index is 631. The van der Waals surface area contributed by atoms with Crippen molar-refractivity contribution in [3.63, 3.8) is 0 Å². The van der Waals surface area contributed by atoms with Gasteiger partial charge in [0.2, 0.25) is 0 Å². The summed E-state index contributed by atoms with van der Waals surface area (Å²) < 4.78 is 6.08. The Morgan fingerprint density at radius 1 is 1.40 bits per heavy atom. The number of anilines is 1. The predicted octanol–water partition coefficient (Wildman–Crippen LogP) is 3.00. The summed E-state index contributed by atoms with van der Waals surface area (Å²) in [6, 6.07) is 5.54. The summed E-state index contributed by atoms with van der Waals surface area (Å²) in [6.07, 6.45) is 1.18. The van der Waals surface area contributed by atoms with Crippen molar-refractivity contribution in [1.82, 2.24) is 9.97 Å². The fraction of sp³-hybridized carbons (Fsp3) is 0.357. The van der Waals surface area contributed by atoms with Gasteiger partial charge in [0.05, 0.1) is 0 Å². The fourth-order valence-electron chi connectivity index (χ4n) is 1.93. The molecule has 106 valence electrons. The maximum Gasteiger partial charge on any atom is 0.254 e. The van der Waals surface area contributed by atoms with Gasteiger partial charge in [0.25, 0.3) is 5.91 Å². The van der Waals surface area contributed by atoms with Gasteiger partial charge in [-0.15, -0.1) is 0 Å². The van der Waals surface area contributed by atoms with Crippen molar-refractivity contribution in [3.8, 4) is 0 Å². The first kappa shape index (κ1) is 14.9. The van der Waals surface area contributed by atoms with Gasteiger partial charge in [-0.2, -0.15) is 0 Å². The van der Waals surface area contributed by atoms with Crippen LogP contribution in [0, 0.1) is 5.92 Å². The number of pyridine rings is 2. The van der Waals surface area contributed by atoms with E-state index in [4.69, 9.17) is 4.74 Å². The van der Waals surface area contributed by atoms with E-state index >= 15 is 0 Å². The Kier molecular flexibility index (Phi) is 4.67. The van der Waals surface area contributed by atoms with Crippen LogP contribution in [-0.2, 0) is 9.53 Å². The van der Waals surface area contributed by atoms with Crippen molar-refractivity contribution in [2.75, 3.05) is 12.4 Å². The molecule has 0 fully saturated rings. The third-order valence-electron chi connectivity index (χ3n) is 2.88. The van der Waals surface area contributed by atoms with E-state index in [9.17, 15) is 4.79 Å². The van der Waals surface area contributed by atoms with Crippen LogP contribution in [0.3, 0.4) is 0 Å². The standard InChI is InChI=1S/C14H16BrN3O2/c1-8(2)12(20-3)14(19)18-11-5-4-9-6-10(15)7-16-13(9)17-11/h4-8,12H,1-3H3,(H,16,17,18,19). The second kappa shape index (κ2) is 6.28. The minimum Gasteiger partial charge on any atom is -0.371 e. The Balaban J connectivity index is 2.21. The van der Waals surface area contributed by atoms with Crippen LogP contribution in [-0.4, -0.2) is 29.1 Å². The molecule has 0 aliphatic heterocycles. The molecule has 0 saturated heterocycles. The molecule has 5 nitrogen and oxygen atoms in total. The maximum atomic E-state index is 12.1. The van der Waals surface area contributed by atoms with Crippen molar-refractivity contribution in [2.24, 2.45) is 5.92 Å². The maximum absolute atomic E-state index is 12.1. The first-order valence-corrected chi connectivity index (χ1v) is 7.06.